The molecule has 2 aromatic heterocycles. The van der Waals surface area contributed by atoms with Crippen molar-refractivity contribution in [3.05, 3.63) is 24.0 Å². The standard InChI is InChI=1S/C23H32N8O4S/c1-4-13-35-18-9-8-16(36(33,34)25-10-6-11-30(2)3)14-17(18)21-26-20-22(27-21)24-15-31-19(7-5-12-32)28-29-23(20)31/h8-9,12,14,24-25H,4-7,10-11,13,15H2,1-3H3,(H,26,27). The van der Waals surface area contributed by atoms with E-state index < -0.39 is 10.0 Å². The van der Waals surface area contributed by atoms with Crippen LogP contribution in [0.3, 0.4) is 0 Å². The van der Waals surface area contributed by atoms with E-state index in [9.17, 15) is 13.2 Å². The summed E-state index contributed by atoms with van der Waals surface area (Å²) in [6.45, 7) is 4.02. The van der Waals surface area contributed by atoms with Gasteiger partial charge in [0.15, 0.2) is 11.6 Å². The van der Waals surface area contributed by atoms with Crippen LogP contribution < -0.4 is 14.8 Å². The van der Waals surface area contributed by atoms with Gasteiger partial charge in [0.25, 0.3) is 0 Å². The number of sulfonamides is 1. The zero-order valence-corrected chi connectivity index (χ0v) is 21.6. The second kappa shape index (κ2) is 11.2. The van der Waals surface area contributed by atoms with Crippen molar-refractivity contribution in [1.82, 2.24) is 34.4 Å². The van der Waals surface area contributed by atoms with Crippen molar-refractivity contribution in [3.8, 4) is 28.7 Å². The number of ether oxygens (including phenoxy) is 1. The number of hydrogen-bond acceptors (Lipinski definition) is 9. The highest BCUT2D eigenvalue weighted by molar-refractivity contribution is 7.89. The van der Waals surface area contributed by atoms with Gasteiger partial charge in [0.2, 0.25) is 10.0 Å². The first-order valence-electron chi connectivity index (χ1n) is 12.0. The number of rotatable bonds is 13. The Morgan fingerprint density at radius 3 is 2.86 bits per heavy atom. The monoisotopic (exact) mass is 516 g/mol. The lowest BCUT2D eigenvalue weighted by atomic mass is 10.2. The number of aromatic nitrogens is 5. The summed E-state index contributed by atoms with van der Waals surface area (Å²) >= 11 is 0. The van der Waals surface area contributed by atoms with Crippen LogP contribution in [0, 0.1) is 0 Å². The van der Waals surface area contributed by atoms with Crippen molar-refractivity contribution in [1.29, 1.82) is 0 Å². The zero-order chi connectivity index (χ0) is 25.7. The average Bonchev–Trinajstić information content (AvgIpc) is 3.47. The molecule has 1 aromatic carbocycles. The Morgan fingerprint density at radius 2 is 2.11 bits per heavy atom. The van der Waals surface area contributed by atoms with Gasteiger partial charge in [-0.3, -0.25) is 4.57 Å². The van der Waals surface area contributed by atoms with E-state index in [4.69, 9.17) is 4.74 Å². The lowest BCUT2D eigenvalue weighted by molar-refractivity contribution is -0.107. The summed E-state index contributed by atoms with van der Waals surface area (Å²) in [5.41, 5.74) is 1.17. The quantitative estimate of drug-likeness (QED) is 0.229. The number of anilines is 1. The first-order valence-corrected chi connectivity index (χ1v) is 13.4. The Bertz CT molecular complexity index is 1320. The summed E-state index contributed by atoms with van der Waals surface area (Å²) in [4.78, 5) is 20.9. The van der Waals surface area contributed by atoms with Gasteiger partial charge in [-0.15, -0.1) is 10.2 Å². The zero-order valence-electron chi connectivity index (χ0n) is 20.7. The van der Waals surface area contributed by atoms with Gasteiger partial charge < -0.3 is 24.7 Å². The molecule has 0 saturated heterocycles. The lowest BCUT2D eigenvalue weighted by Gasteiger charge is -2.15. The number of carbonyl (C=O) groups excluding carboxylic acids is 1. The first kappa shape index (κ1) is 25.8. The molecule has 0 atom stereocenters. The number of H-pyrrole nitrogens is 1. The molecule has 4 rings (SSSR count). The van der Waals surface area contributed by atoms with Crippen LogP contribution in [0.1, 0.15) is 32.0 Å². The van der Waals surface area contributed by atoms with Crippen molar-refractivity contribution in [2.24, 2.45) is 0 Å². The van der Waals surface area contributed by atoms with Gasteiger partial charge in [-0.1, -0.05) is 6.92 Å². The number of nitrogens with zero attached hydrogens (tertiary/aromatic N) is 5. The number of carbonyl (C=O) groups is 1. The van der Waals surface area contributed by atoms with E-state index in [2.05, 4.69) is 30.2 Å². The van der Waals surface area contributed by atoms with Crippen LogP contribution in [0.25, 0.3) is 22.9 Å². The molecule has 0 fully saturated rings. The van der Waals surface area contributed by atoms with E-state index in [0.717, 1.165) is 19.3 Å². The summed E-state index contributed by atoms with van der Waals surface area (Å²) in [5, 5.41) is 11.7. The highest BCUT2D eigenvalue weighted by Crippen LogP contribution is 2.36. The summed E-state index contributed by atoms with van der Waals surface area (Å²) in [7, 11) is 0.174. The minimum atomic E-state index is -3.72. The molecule has 1 aliphatic rings. The van der Waals surface area contributed by atoms with Gasteiger partial charge in [0, 0.05) is 19.4 Å². The van der Waals surface area contributed by atoms with Gasteiger partial charge in [-0.2, -0.15) is 0 Å². The summed E-state index contributed by atoms with van der Waals surface area (Å²) in [6.07, 6.45) is 3.21. The van der Waals surface area contributed by atoms with E-state index in [-0.39, 0.29) is 4.90 Å². The largest absolute Gasteiger partial charge is 0.493 e. The molecule has 13 heteroatoms. The van der Waals surface area contributed by atoms with Gasteiger partial charge in [-0.05, 0) is 51.7 Å². The van der Waals surface area contributed by atoms with Crippen molar-refractivity contribution in [3.63, 3.8) is 0 Å². The minimum Gasteiger partial charge on any atom is -0.493 e. The number of hydrogen-bond donors (Lipinski definition) is 3. The molecular formula is C23H32N8O4S. The van der Waals surface area contributed by atoms with E-state index in [1.165, 1.54) is 0 Å². The number of imidazole rings is 1. The Labute approximate surface area is 210 Å². The fourth-order valence-corrected chi connectivity index (χ4v) is 4.99. The van der Waals surface area contributed by atoms with E-state index >= 15 is 0 Å². The van der Waals surface area contributed by atoms with E-state index in [1.54, 1.807) is 18.2 Å². The van der Waals surface area contributed by atoms with Crippen LogP contribution in [0.2, 0.25) is 0 Å². The van der Waals surface area contributed by atoms with Crippen LogP contribution in [0.4, 0.5) is 5.82 Å². The molecular weight excluding hydrogens is 484 g/mol. The van der Waals surface area contributed by atoms with E-state index in [1.807, 2.05) is 30.5 Å². The predicted molar refractivity (Wildman–Crippen MR) is 135 cm³/mol. The molecule has 194 valence electrons. The van der Waals surface area contributed by atoms with Crippen LogP contribution in [0.15, 0.2) is 23.1 Å². The predicted octanol–water partition coefficient (Wildman–Crippen LogP) is 1.87. The summed E-state index contributed by atoms with van der Waals surface area (Å²) in [6, 6.07) is 4.78. The highest BCUT2D eigenvalue weighted by Gasteiger charge is 2.26. The van der Waals surface area contributed by atoms with Crippen molar-refractivity contribution in [2.75, 3.05) is 39.1 Å². The highest BCUT2D eigenvalue weighted by atomic mass is 32.2. The van der Waals surface area contributed by atoms with Crippen molar-refractivity contribution in [2.45, 2.75) is 44.2 Å². The maximum atomic E-state index is 13.0. The third-order valence-electron chi connectivity index (χ3n) is 5.70. The third kappa shape index (κ3) is 5.58. The summed E-state index contributed by atoms with van der Waals surface area (Å²) < 4.78 is 36.4. The fourth-order valence-electron chi connectivity index (χ4n) is 3.89. The van der Waals surface area contributed by atoms with Crippen LogP contribution in [-0.2, 0) is 27.9 Å². The Balaban J connectivity index is 1.66. The van der Waals surface area contributed by atoms with Gasteiger partial charge in [0.1, 0.15) is 29.4 Å². The number of aromatic amines is 1. The summed E-state index contributed by atoms with van der Waals surface area (Å²) in [5.74, 6) is 2.87. The average molecular weight is 517 g/mol. The van der Waals surface area contributed by atoms with Gasteiger partial charge in [-0.25, -0.2) is 18.1 Å². The SMILES string of the molecule is CCCOc1ccc(S(=O)(=O)NCCCN(C)C)cc1-c1nc2c([nH]1)-c1nnc(CCC=O)n1CN2. The number of aldehydes is 1. The number of nitrogens with one attached hydrogen (secondary N) is 3. The minimum absolute atomic E-state index is 0.132. The molecule has 0 spiro atoms. The van der Waals surface area contributed by atoms with Crippen LogP contribution in [-0.4, -0.2) is 78.1 Å². The third-order valence-corrected chi connectivity index (χ3v) is 7.16. The molecule has 0 bridgehead atoms. The Hall–Kier alpha value is -3.29. The van der Waals surface area contributed by atoms with Crippen molar-refractivity contribution < 1.29 is 17.9 Å². The molecule has 3 aromatic rings. The van der Waals surface area contributed by atoms with Gasteiger partial charge in [0.05, 0.1) is 23.7 Å². The molecule has 0 saturated carbocycles. The molecule has 12 nitrogen and oxygen atoms in total. The maximum absolute atomic E-state index is 13.0. The lowest BCUT2D eigenvalue weighted by Crippen LogP contribution is -2.27. The Kier molecular flexibility index (Phi) is 8.01. The topological polar surface area (TPSA) is 147 Å². The number of aryl methyl sites for hydroxylation is 1. The second-order valence-electron chi connectivity index (χ2n) is 8.78. The molecule has 1 aliphatic heterocycles. The molecule has 3 heterocycles. The molecule has 0 unspecified atom stereocenters. The molecule has 0 amide bonds. The van der Waals surface area contributed by atoms with Crippen molar-refractivity contribution >= 4 is 22.1 Å². The molecule has 0 aliphatic carbocycles. The first-order chi connectivity index (χ1) is 17.3. The number of benzene rings is 1. The molecule has 36 heavy (non-hydrogen) atoms. The maximum Gasteiger partial charge on any atom is 0.240 e. The van der Waals surface area contributed by atoms with Gasteiger partial charge >= 0.3 is 0 Å². The second-order valence-corrected chi connectivity index (χ2v) is 10.5. The van der Waals surface area contributed by atoms with E-state index in [0.29, 0.717) is 79.4 Å². The smallest absolute Gasteiger partial charge is 0.240 e. The molecule has 3 N–H and O–H groups in total. The van der Waals surface area contributed by atoms with Crippen LogP contribution in [0.5, 0.6) is 5.75 Å². The normalized spacial score (nSPS) is 12.8. The fraction of sp³-hybridized carbons (Fsp3) is 0.478. The van der Waals surface area contributed by atoms with Crippen LogP contribution >= 0.6 is 0 Å². The Morgan fingerprint density at radius 1 is 1.28 bits per heavy atom. The number of fused-ring (bicyclic) bond motifs is 3. The molecule has 0 radical (unpaired) electrons.